The van der Waals surface area contributed by atoms with Gasteiger partial charge < -0.3 is 10.2 Å². The molecule has 0 aliphatic carbocycles. The fraction of sp³-hybridized carbons (Fsp3) is 0.412. The molecule has 1 amide bonds. The molecule has 1 aromatic heterocycles. The van der Waals surface area contributed by atoms with Crippen LogP contribution in [0.5, 0.6) is 0 Å². The van der Waals surface area contributed by atoms with Crippen LogP contribution in [0, 0.1) is 12.8 Å². The minimum Gasteiger partial charge on any atom is -0.441 e. The predicted octanol–water partition coefficient (Wildman–Crippen LogP) is 3.00. The zero-order valence-electron chi connectivity index (χ0n) is 13.1. The summed E-state index contributed by atoms with van der Waals surface area (Å²) in [5, 5.41) is 0.653. The highest BCUT2D eigenvalue weighted by Gasteiger charge is 2.25. The van der Waals surface area contributed by atoms with Gasteiger partial charge in [0, 0.05) is 23.7 Å². The molecule has 0 radical (unpaired) electrons. The number of nitrogens with zero attached hydrogens (tertiary/aromatic N) is 2. The van der Waals surface area contributed by atoms with Gasteiger partial charge in [0.25, 0.3) is 0 Å². The molecule has 122 valence electrons. The van der Waals surface area contributed by atoms with Crippen LogP contribution in [0.4, 0.5) is 0 Å². The van der Waals surface area contributed by atoms with Crippen molar-refractivity contribution in [3.8, 4) is 11.5 Å². The Balaban J connectivity index is 1.75. The number of likely N-dealkylation sites (tertiary alicyclic amines) is 1. The lowest BCUT2D eigenvalue weighted by Crippen LogP contribution is -2.40. The summed E-state index contributed by atoms with van der Waals surface area (Å²) in [4.78, 5) is 18.2. The van der Waals surface area contributed by atoms with Gasteiger partial charge >= 0.3 is 0 Å². The van der Waals surface area contributed by atoms with Crippen LogP contribution >= 0.6 is 11.6 Å². The van der Waals surface area contributed by atoms with Crippen molar-refractivity contribution in [3.05, 3.63) is 40.7 Å². The van der Waals surface area contributed by atoms with E-state index >= 15 is 0 Å². The van der Waals surface area contributed by atoms with Crippen LogP contribution in [0.3, 0.4) is 0 Å². The molecule has 5 nitrogen and oxygen atoms in total. The zero-order chi connectivity index (χ0) is 16.4. The van der Waals surface area contributed by atoms with Crippen molar-refractivity contribution in [1.29, 1.82) is 0 Å². The summed E-state index contributed by atoms with van der Waals surface area (Å²) in [5.74, 6) is 1.08. The van der Waals surface area contributed by atoms with E-state index in [1.807, 2.05) is 31.2 Å². The predicted molar refractivity (Wildman–Crippen MR) is 88.9 cm³/mol. The van der Waals surface area contributed by atoms with Gasteiger partial charge in [-0.1, -0.05) is 17.7 Å². The first-order valence-electron chi connectivity index (χ1n) is 7.77. The fourth-order valence-electron chi connectivity index (χ4n) is 2.96. The Hall–Kier alpha value is -1.85. The lowest BCUT2D eigenvalue weighted by atomic mass is 9.97. The smallest absolute Gasteiger partial charge is 0.226 e. The summed E-state index contributed by atoms with van der Waals surface area (Å²) in [7, 11) is 0. The number of hydrogen-bond donors (Lipinski definition) is 1. The van der Waals surface area contributed by atoms with Gasteiger partial charge in [-0.15, -0.1) is 0 Å². The van der Waals surface area contributed by atoms with E-state index in [9.17, 15) is 4.79 Å². The van der Waals surface area contributed by atoms with Crippen LogP contribution in [0.25, 0.3) is 11.5 Å². The molecule has 1 aromatic carbocycles. The third-order valence-electron chi connectivity index (χ3n) is 4.25. The number of nitrogens with two attached hydrogens (primary N) is 1. The molecule has 0 unspecified atom stereocenters. The third-order valence-corrected chi connectivity index (χ3v) is 4.48. The highest BCUT2D eigenvalue weighted by atomic mass is 35.5. The average Bonchev–Trinajstić information content (AvgIpc) is 2.89. The normalized spacial score (nSPS) is 19.0. The Bertz CT molecular complexity index is 714. The number of piperidine rings is 1. The molecular formula is C17H20ClN3O2. The molecule has 6 heteroatoms. The molecule has 0 bridgehead atoms. The number of aromatic nitrogens is 1. The summed E-state index contributed by atoms with van der Waals surface area (Å²) in [6.45, 7) is 4.21. The van der Waals surface area contributed by atoms with E-state index < -0.39 is 0 Å². The van der Waals surface area contributed by atoms with Gasteiger partial charge in [0.1, 0.15) is 5.76 Å². The molecule has 3 rings (SSSR count). The second-order valence-electron chi connectivity index (χ2n) is 6.01. The second kappa shape index (κ2) is 6.72. The van der Waals surface area contributed by atoms with Crippen LogP contribution in [-0.4, -0.2) is 28.9 Å². The SMILES string of the molecule is Cc1oc(-c2cccc(Cl)c2)nc1CN1CCC[C@H](C(N)=O)C1. The number of benzene rings is 1. The van der Waals surface area contributed by atoms with E-state index in [4.69, 9.17) is 21.8 Å². The maximum atomic E-state index is 11.4. The van der Waals surface area contributed by atoms with Crippen molar-refractivity contribution >= 4 is 17.5 Å². The van der Waals surface area contributed by atoms with Crippen molar-refractivity contribution in [2.24, 2.45) is 11.7 Å². The highest BCUT2D eigenvalue weighted by molar-refractivity contribution is 6.30. The Morgan fingerprint density at radius 3 is 3.09 bits per heavy atom. The average molecular weight is 334 g/mol. The molecule has 1 aliphatic heterocycles. The molecule has 1 atom stereocenters. The first-order valence-corrected chi connectivity index (χ1v) is 8.14. The maximum absolute atomic E-state index is 11.4. The number of primary amides is 1. The fourth-order valence-corrected chi connectivity index (χ4v) is 3.15. The van der Waals surface area contributed by atoms with Crippen LogP contribution in [0.15, 0.2) is 28.7 Å². The minimum atomic E-state index is -0.216. The number of halogens is 1. The Kier molecular flexibility index (Phi) is 4.68. The molecule has 2 aromatic rings. The summed E-state index contributed by atoms with van der Waals surface area (Å²) < 4.78 is 5.78. The molecule has 1 saturated heterocycles. The molecule has 2 heterocycles. The van der Waals surface area contributed by atoms with Gasteiger partial charge in [-0.25, -0.2) is 4.98 Å². The van der Waals surface area contributed by atoms with Gasteiger partial charge in [-0.2, -0.15) is 0 Å². The Morgan fingerprint density at radius 1 is 1.52 bits per heavy atom. The number of hydrogen-bond acceptors (Lipinski definition) is 4. The molecular weight excluding hydrogens is 314 g/mol. The van der Waals surface area contributed by atoms with E-state index in [1.165, 1.54) is 0 Å². The summed E-state index contributed by atoms with van der Waals surface area (Å²) in [6.07, 6.45) is 1.85. The Labute approximate surface area is 140 Å². The first-order chi connectivity index (χ1) is 11.0. The van der Waals surface area contributed by atoms with Crippen LogP contribution in [0.1, 0.15) is 24.3 Å². The van der Waals surface area contributed by atoms with Gasteiger partial charge in [0.15, 0.2) is 0 Å². The Morgan fingerprint density at radius 2 is 2.35 bits per heavy atom. The molecule has 0 saturated carbocycles. The molecule has 2 N–H and O–H groups in total. The maximum Gasteiger partial charge on any atom is 0.226 e. The standard InChI is InChI=1S/C17H20ClN3O2/c1-11-15(10-21-7-3-5-13(9-21)16(19)22)20-17(23-11)12-4-2-6-14(18)8-12/h2,4,6,8,13H,3,5,7,9-10H2,1H3,(H2,19,22)/t13-/m0/s1. The topological polar surface area (TPSA) is 72.4 Å². The summed E-state index contributed by atoms with van der Waals surface area (Å²) in [6, 6.07) is 7.45. The summed E-state index contributed by atoms with van der Waals surface area (Å²) in [5.41, 5.74) is 7.19. The van der Waals surface area contributed by atoms with Crippen LogP contribution in [0.2, 0.25) is 5.02 Å². The van der Waals surface area contributed by atoms with Crippen LogP contribution < -0.4 is 5.73 Å². The van der Waals surface area contributed by atoms with E-state index in [-0.39, 0.29) is 11.8 Å². The number of rotatable bonds is 4. The molecule has 1 aliphatic rings. The van der Waals surface area contributed by atoms with Crippen molar-refractivity contribution < 1.29 is 9.21 Å². The summed E-state index contributed by atoms with van der Waals surface area (Å²) >= 11 is 6.02. The molecule has 0 spiro atoms. The van der Waals surface area contributed by atoms with E-state index in [2.05, 4.69) is 9.88 Å². The van der Waals surface area contributed by atoms with Gasteiger partial charge in [0.05, 0.1) is 11.6 Å². The van der Waals surface area contributed by atoms with Gasteiger partial charge in [-0.05, 0) is 44.5 Å². The van der Waals surface area contributed by atoms with Crippen molar-refractivity contribution in [3.63, 3.8) is 0 Å². The molecule has 1 fully saturated rings. The highest BCUT2D eigenvalue weighted by Crippen LogP contribution is 2.26. The lowest BCUT2D eigenvalue weighted by Gasteiger charge is -2.30. The number of carbonyl (C=O) groups excluding carboxylic acids is 1. The van der Waals surface area contributed by atoms with E-state index in [0.717, 1.165) is 36.4 Å². The monoisotopic (exact) mass is 333 g/mol. The molecule has 23 heavy (non-hydrogen) atoms. The number of carbonyl (C=O) groups is 1. The number of amides is 1. The van der Waals surface area contributed by atoms with Crippen LogP contribution in [-0.2, 0) is 11.3 Å². The van der Waals surface area contributed by atoms with Crippen molar-refractivity contribution in [1.82, 2.24) is 9.88 Å². The zero-order valence-corrected chi connectivity index (χ0v) is 13.8. The first kappa shape index (κ1) is 16.0. The van der Waals surface area contributed by atoms with Gasteiger partial charge in [-0.3, -0.25) is 9.69 Å². The van der Waals surface area contributed by atoms with Crippen molar-refractivity contribution in [2.45, 2.75) is 26.3 Å². The second-order valence-corrected chi connectivity index (χ2v) is 6.45. The van der Waals surface area contributed by atoms with E-state index in [1.54, 1.807) is 0 Å². The number of aryl methyl sites for hydroxylation is 1. The van der Waals surface area contributed by atoms with Crippen molar-refractivity contribution in [2.75, 3.05) is 13.1 Å². The van der Waals surface area contributed by atoms with E-state index in [0.29, 0.717) is 24.0 Å². The quantitative estimate of drug-likeness (QED) is 0.933. The largest absolute Gasteiger partial charge is 0.441 e. The number of oxazole rings is 1. The lowest BCUT2D eigenvalue weighted by molar-refractivity contribution is -0.123. The van der Waals surface area contributed by atoms with Gasteiger partial charge in [0.2, 0.25) is 11.8 Å². The third kappa shape index (κ3) is 3.74. The minimum absolute atomic E-state index is 0.0663.